The molecule has 21 heavy (non-hydrogen) atoms. The number of carbonyl (C=O) groups is 3. The predicted molar refractivity (Wildman–Crippen MR) is 79.0 cm³/mol. The van der Waals surface area contributed by atoms with Crippen molar-refractivity contribution in [3.63, 3.8) is 0 Å². The van der Waals surface area contributed by atoms with E-state index < -0.39 is 11.9 Å². The zero-order valence-corrected chi connectivity index (χ0v) is 12.2. The van der Waals surface area contributed by atoms with Crippen LogP contribution in [-0.2, 0) is 25.6 Å². The molecule has 0 aromatic heterocycles. The number of hydroxylamine groups is 2. The number of nitrogens with zero attached hydrogens (tertiary/aromatic N) is 1. The summed E-state index contributed by atoms with van der Waals surface area (Å²) >= 11 is 0. The van der Waals surface area contributed by atoms with Crippen LogP contribution in [0.3, 0.4) is 0 Å². The summed E-state index contributed by atoms with van der Waals surface area (Å²) in [6.07, 6.45) is 4.61. The zero-order valence-electron chi connectivity index (χ0n) is 12.2. The number of amides is 1. The van der Waals surface area contributed by atoms with Crippen molar-refractivity contribution in [2.24, 2.45) is 0 Å². The number of carbonyl (C=O) groups excluding carboxylic acids is 3. The highest BCUT2D eigenvalue weighted by molar-refractivity contribution is 5.88. The summed E-state index contributed by atoms with van der Waals surface area (Å²) in [6, 6.07) is 7.78. The van der Waals surface area contributed by atoms with Crippen LogP contribution in [0.15, 0.2) is 30.3 Å². The van der Waals surface area contributed by atoms with Gasteiger partial charge in [-0.2, -0.15) is 5.06 Å². The second-order valence-electron chi connectivity index (χ2n) is 4.44. The van der Waals surface area contributed by atoms with Gasteiger partial charge in [0.25, 0.3) is 5.91 Å². The summed E-state index contributed by atoms with van der Waals surface area (Å²) in [6.45, 7) is 2.07. The van der Waals surface area contributed by atoms with Crippen molar-refractivity contribution in [2.75, 3.05) is 7.05 Å². The summed E-state index contributed by atoms with van der Waals surface area (Å²) in [4.78, 5) is 38.0. The molecule has 0 atom stereocenters. The van der Waals surface area contributed by atoms with E-state index in [1.807, 2.05) is 24.3 Å². The lowest BCUT2D eigenvalue weighted by atomic mass is 10.1. The van der Waals surface area contributed by atoms with Gasteiger partial charge in [-0.15, -0.1) is 0 Å². The normalized spacial score (nSPS) is 10.4. The maximum absolute atomic E-state index is 11.6. The molecule has 0 saturated heterocycles. The Balaban J connectivity index is 2.49. The zero-order chi connectivity index (χ0) is 15.7. The minimum Gasteiger partial charge on any atom is -0.334 e. The minimum atomic E-state index is -0.642. The molecule has 0 aliphatic rings. The van der Waals surface area contributed by atoms with Gasteiger partial charge < -0.3 is 9.63 Å². The molecule has 0 fully saturated rings. The van der Waals surface area contributed by atoms with Gasteiger partial charge in [0.05, 0.1) is 0 Å². The highest BCUT2D eigenvalue weighted by Gasteiger charge is 2.11. The van der Waals surface area contributed by atoms with Gasteiger partial charge >= 0.3 is 5.97 Å². The predicted octanol–water partition coefficient (Wildman–Crippen LogP) is 2.16. The molecule has 0 aliphatic carbocycles. The standard InChI is InChI=1S/C16H19NO4/c1-3-13-6-8-14(9-7-13)10-11-16(20)21-17(2)15(19)5-4-12-18/h6-12H,3-5H2,1-2H3/b11-10+. The molecular formula is C16H19NO4. The van der Waals surface area contributed by atoms with Gasteiger partial charge in [0.1, 0.15) is 6.29 Å². The van der Waals surface area contributed by atoms with Crippen LogP contribution in [0.1, 0.15) is 30.9 Å². The van der Waals surface area contributed by atoms with E-state index in [1.54, 1.807) is 6.08 Å². The Kier molecular flexibility index (Phi) is 6.87. The Bertz CT molecular complexity index is 520. The van der Waals surface area contributed by atoms with Crippen molar-refractivity contribution in [3.8, 4) is 0 Å². The van der Waals surface area contributed by atoms with E-state index >= 15 is 0 Å². The number of rotatable bonds is 6. The van der Waals surface area contributed by atoms with E-state index in [9.17, 15) is 14.4 Å². The number of hydrogen-bond acceptors (Lipinski definition) is 4. The van der Waals surface area contributed by atoms with Gasteiger partial charge in [-0.1, -0.05) is 31.2 Å². The lowest BCUT2D eigenvalue weighted by Crippen LogP contribution is -2.29. The molecule has 0 heterocycles. The Morgan fingerprint density at radius 2 is 1.90 bits per heavy atom. The number of aldehydes is 1. The molecule has 0 saturated carbocycles. The van der Waals surface area contributed by atoms with Crippen LogP contribution in [-0.4, -0.2) is 30.3 Å². The van der Waals surface area contributed by atoms with Gasteiger partial charge in [0.2, 0.25) is 0 Å². The quantitative estimate of drug-likeness (QED) is 0.457. The second-order valence-corrected chi connectivity index (χ2v) is 4.44. The summed E-state index contributed by atoms with van der Waals surface area (Å²) in [7, 11) is 1.34. The van der Waals surface area contributed by atoms with Crippen LogP contribution in [0.5, 0.6) is 0 Å². The van der Waals surface area contributed by atoms with Crippen molar-refractivity contribution in [2.45, 2.75) is 26.2 Å². The maximum Gasteiger partial charge on any atom is 0.356 e. The third kappa shape index (κ3) is 6.03. The second kappa shape index (κ2) is 8.68. The topological polar surface area (TPSA) is 63.7 Å². The number of benzene rings is 1. The van der Waals surface area contributed by atoms with Crippen molar-refractivity contribution in [1.29, 1.82) is 0 Å². The van der Waals surface area contributed by atoms with E-state index in [0.717, 1.165) is 17.0 Å². The van der Waals surface area contributed by atoms with Gasteiger partial charge in [0, 0.05) is 26.0 Å². The van der Waals surface area contributed by atoms with E-state index in [1.165, 1.54) is 18.7 Å². The average Bonchev–Trinajstić information content (AvgIpc) is 2.50. The van der Waals surface area contributed by atoms with Gasteiger partial charge in [-0.25, -0.2) is 4.79 Å². The maximum atomic E-state index is 11.6. The van der Waals surface area contributed by atoms with E-state index in [2.05, 4.69) is 6.92 Å². The Morgan fingerprint density at radius 3 is 2.48 bits per heavy atom. The van der Waals surface area contributed by atoms with Crippen molar-refractivity contribution >= 4 is 24.2 Å². The van der Waals surface area contributed by atoms with Crippen LogP contribution in [0.2, 0.25) is 0 Å². The fourth-order valence-corrected chi connectivity index (χ4v) is 1.58. The first-order valence-electron chi connectivity index (χ1n) is 6.76. The molecule has 112 valence electrons. The lowest BCUT2D eigenvalue weighted by Gasteiger charge is -2.14. The van der Waals surface area contributed by atoms with Gasteiger partial charge in [0.15, 0.2) is 0 Å². The molecule has 0 aliphatic heterocycles. The first-order chi connectivity index (χ1) is 10.1. The Hall–Kier alpha value is -2.43. The third-order valence-corrected chi connectivity index (χ3v) is 2.85. The monoisotopic (exact) mass is 289 g/mol. The highest BCUT2D eigenvalue weighted by Crippen LogP contribution is 2.07. The molecule has 1 aromatic carbocycles. The summed E-state index contributed by atoms with van der Waals surface area (Å²) < 4.78 is 0. The largest absolute Gasteiger partial charge is 0.356 e. The van der Waals surface area contributed by atoms with E-state index in [0.29, 0.717) is 6.29 Å². The molecule has 5 nitrogen and oxygen atoms in total. The lowest BCUT2D eigenvalue weighted by molar-refractivity contribution is -0.188. The van der Waals surface area contributed by atoms with E-state index in [-0.39, 0.29) is 12.8 Å². The van der Waals surface area contributed by atoms with Crippen molar-refractivity contribution in [3.05, 3.63) is 41.5 Å². The SMILES string of the molecule is CCc1ccc(/C=C/C(=O)ON(C)C(=O)CCC=O)cc1. The summed E-state index contributed by atoms with van der Waals surface area (Å²) in [5.74, 6) is -1.06. The molecule has 0 bridgehead atoms. The summed E-state index contributed by atoms with van der Waals surface area (Å²) in [5.41, 5.74) is 2.09. The van der Waals surface area contributed by atoms with Crippen LogP contribution in [0.4, 0.5) is 0 Å². The molecular weight excluding hydrogens is 270 g/mol. The smallest absolute Gasteiger partial charge is 0.334 e. The fourth-order valence-electron chi connectivity index (χ4n) is 1.58. The Morgan fingerprint density at radius 1 is 1.24 bits per heavy atom. The van der Waals surface area contributed by atoms with Crippen LogP contribution < -0.4 is 0 Å². The van der Waals surface area contributed by atoms with Crippen molar-refractivity contribution in [1.82, 2.24) is 5.06 Å². The van der Waals surface area contributed by atoms with Gasteiger partial charge in [-0.05, 0) is 23.6 Å². The molecule has 1 aromatic rings. The highest BCUT2D eigenvalue weighted by atomic mass is 16.7. The first-order valence-corrected chi connectivity index (χ1v) is 6.76. The van der Waals surface area contributed by atoms with Crippen LogP contribution >= 0.6 is 0 Å². The van der Waals surface area contributed by atoms with E-state index in [4.69, 9.17) is 4.84 Å². The number of hydrogen-bond donors (Lipinski definition) is 0. The minimum absolute atomic E-state index is 0.0233. The average molecular weight is 289 g/mol. The van der Waals surface area contributed by atoms with Crippen LogP contribution in [0.25, 0.3) is 6.08 Å². The Labute approximate surface area is 124 Å². The fraction of sp³-hybridized carbons (Fsp3) is 0.312. The van der Waals surface area contributed by atoms with Gasteiger partial charge in [-0.3, -0.25) is 4.79 Å². The van der Waals surface area contributed by atoms with Crippen molar-refractivity contribution < 1.29 is 19.2 Å². The summed E-state index contributed by atoms with van der Waals surface area (Å²) in [5, 5.41) is 0.844. The molecule has 0 unspecified atom stereocenters. The first kappa shape index (κ1) is 16.6. The molecule has 5 heteroatoms. The molecule has 0 N–H and O–H groups in total. The molecule has 1 rings (SSSR count). The molecule has 0 spiro atoms. The third-order valence-electron chi connectivity index (χ3n) is 2.85. The number of aryl methyl sites for hydroxylation is 1. The molecule has 0 radical (unpaired) electrons. The van der Waals surface area contributed by atoms with Crippen LogP contribution in [0, 0.1) is 0 Å². The molecule has 1 amide bonds.